The Morgan fingerprint density at radius 1 is 1.25 bits per heavy atom. The third-order valence-electron chi connectivity index (χ3n) is 2.28. The van der Waals surface area contributed by atoms with Crippen molar-refractivity contribution in [3.63, 3.8) is 0 Å². The van der Waals surface area contributed by atoms with Crippen LogP contribution in [-0.2, 0) is 14.3 Å². The number of alkyl carbamates (subject to hydrolysis) is 1. The van der Waals surface area contributed by atoms with Crippen LogP contribution in [-0.4, -0.2) is 53.5 Å². The van der Waals surface area contributed by atoms with Gasteiger partial charge in [-0.1, -0.05) is 0 Å². The highest BCUT2D eigenvalue weighted by atomic mass is 16.6. The van der Waals surface area contributed by atoms with Gasteiger partial charge in [0.15, 0.2) is 0 Å². The lowest BCUT2D eigenvalue weighted by Crippen LogP contribution is -2.35. The maximum atomic E-state index is 11.3. The molecule has 4 N–H and O–H groups in total. The Labute approximate surface area is 117 Å². The van der Waals surface area contributed by atoms with Gasteiger partial charge in [0.2, 0.25) is 0 Å². The SMILES string of the molecule is CC(C)(C)OC(=O)NCC1CCNC1.O=C(O)C(=O)O. The number of aliphatic carboxylic acids is 2. The van der Waals surface area contributed by atoms with E-state index in [4.69, 9.17) is 24.5 Å². The molecule has 0 radical (unpaired) electrons. The van der Waals surface area contributed by atoms with Crippen molar-refractivity contribution >= 4 is 18.0 Å². The normalized spacial score (nSPS) is 17.6. The van der Waals surface area contributed by atoms with Gasteiger partial charge in [-0.15, -0.1) is 0 Å². The lowest BCUT2D eigenvalue weighted by atomic mass is 10.1. The number of hydrogen-bond donors (Lipinski definition) is 4. The summed E-state index contributed by atoms with van der Waals surface area (Å²) in [4.78, 5) is 29.5. The number of hydrogen-bond acceptors (Lipinski definition) is 5. The first-order chi connectivity index (χ1) is 9.11. The van der Waals surface area contributed by atoms with Crippen LogP contribution in [0.5, 0.6) is 0 Å². The molecule has 0 spiro atoms. The van der Waals surface area contributed by atoms with Crippen molar-refractivity contribution in [2.24, 2.45) is 5.92 Å². The fourth-order valence-electron chi connectivity index (χ4n) is 1.43. The molecule has 1 unspecified atom stereocenters. The van der Waals surface area contributed by atoms with E-state index in [-0.39, 0.29) is 6.09 Å². The summed E-state index contributed by atoms with van der Waals surface area (Å²) < 4.78 is 5.13. The summed E-state index contributed by atoms with van der Waals surface area (Å²) in [5, 5.41) is 20.8. The van der Waals surface area contributed by atoms with Crippen LogP contribution in [0.15, 0.2) is 0 Å². The van der Waals surface area contributed by atoms with Crippen molar-refractivity contribution in [2.45, 2.75) is 32.8 Å². The predicted octanol–water partition coefficient (Wildman–Crippen LogP) is 0.276. The van der Waals surface area contributed by atoms with Gasteiger partial charge in [-0.3, -0.25) is 0 Å². The summed E-state index contributed by atoms with van der Waals surface area (Å²) in [5.41, 5.74) is -0.405. The third kappa shape index (κ3) is 10.1. The molecule has 20 heavy (non-hydrogen) atoms. The quantitative estimate of drug-likeness (QED) is 0.538. The van der Waals surface area contributed by atoms with Gasteiger partial charge in [0.25, 0.3) is 0 Å². The fourth-order valence-corrected chi connectivity index (χ4v) is 1.43. The monoisotopic (exact) mass is 290 g/mol. The van der Waals surface area contributed by atoms with Crippen molar-refractivity contribution in [1.82, 2.24) is 10.6 Å². The van der Waals surface area contributed by atoms with Crippen LogP contribution >= 0.6 is 0 Å². The molecule has 1 aliphatic rings. The van der Waals surface area contributed by atoms with E-state index >= 15 is 0 Å². The van der Waals surface area contributed by atoms with Crippen molar-refractivity contribution < 1.29 is 29.3 Å². The fraction of sp³-hybridized carbons (Fsp3) is 0.750. The summed E-state index contributed by atoms with van der Waals surface area (Å²) in [6.07, 6.45) is 0.819. The number of ether oxygens (including phenoxy) is 1. The average molecular weight is 290 g/mol. The highest BCUT2D eigenvalue weighted by molar-refractivity contribution is 6.27. The van der Waals surface area contributed by atoms with Crippen LogP contribution in [0.3, 0.4) is 0 Å². The third-order valence-corrected chi connectivity index (χ3v) is 2.28. The van der Waals surface area contributed by atoms with Crippen molar-refractivity contribution in [3.05, 3.63) is 0 Å². The van der Waals surface area contributed by atoms with Crippen LogP contribution in [0.2, 0.25) is 0 Å². The second-order valence-corrected chi connectivity index (χ2v) is 5.35. The van der Waals surface area contributed by atoms with E-state index in [0.29, 0.717) is 12.5 Å². The summed E-state index contributed by atoms with van der Waals surface area (Å²) in [6, 6.07) is 0. The Kier molecular flexibility index (Phi) is 7.60. The predicted molar refractivity (Wildman–Crippen MR) is 70.5 cm³/mol. The Balaban J connectivity index is 0.000000511. The van der Waals surface area contributed by atoms with E-state index in [9.17, 15) is 4.79 Å². The van der Waals surface area contributed by atoms with Crippen LogP contribution in [0.25, 0.3) is 0 Å². The zero-order valence-electron chi connectivity index (χ0n) is 11.9. The van der Waals surface area contributed by atoms with Crippen molar-refractivity contribution in [1.29, 1.82) is 0 Å². The number of amides is 1. The molecule has 1 heterocycles. The van der Waals surface area contributed by atoms with E-state index in [1.807, 2.05) is 20.8 Å². The molecule has 8 heteroatoms. The minimum Gasteiger partial charge on any atom is -0.473 e. The molecule has 1 fully saturated rings. The molecular formula is C12H22N2O6. The first-order valence-corrected chi connectivity index (χ1v) is 6.25. The van der Waals surface area contributed by atoms with Gasteiger partial charge in [-0.2, -0.15) is 0 Å². The Hall–Kier alpha value is -1.83. The van der Waals surface area contributed by atoms with E-state index in [2.05, 4.69) is 10.6 Å². The Bertz CT molecular complexity index is 332. The average Bonchev–Trinajstić information content (AvgIpc) is 2.77. The number of carboxylic acid groups (broad SMARTS) is 2. The number of rotatable bonds is 2. The van der Waals surface area contributed by atoms with Gasteiger partial charge in [-0.05, 0) is 46.2 Å². The Morgan fingerprint density at radius 2 is 1.80 bits per heavy atom. The molecule has 8 nitrogen and oxygen atoms in total. The zero-order valence-corrected chi connectivity index (χ0v) is 11.9. The lowest BCUT2D eigenvalue weighted by molar-refractivity contribution is -0.159. The van der Waals surface area contributed by atoms with Crippen LogP contribution in [0, 0.1) is 5.92 Å². The largest absolute Gasteiger partial charge is 0.473 e. The molecule has 1 rings (SSSR count). The lowest BCUT2D eigenvalue weighted by Gasteiger charge is -2.20. The van der Waals surface area contributed by atoms with E-state index in [1.165, 1.54) is 0 Å². The maximum Gasteiger partial charge on any atom is 0.414 e. The number of carbonyl (C=O) groups is 3. The van der Waals surface area contributed by atoms with Gasteiger partial charge in [0.05, 0.1) is 0 Å². The second kappa shape index (κ2) is 8.36. The highest BCUT2D eigenvalue weighted by Gasteiger charge is 2.18. The molecule has 1 aliphatic heterocycles. The minimum atomic E-state index is -1.82. The van der Waals surface area contributed by atoms with Gasteiger partial charge >= 0.3 is 18.0 Å². The van der Waals surface area contributed by atoms with Gasteiger partial charge in [-0.25, -0.2) is 14.4 Å². The second-order valence-electron chi connectivity index (χ2n) is 5.35. The van der Waals surface area contributed by atoms with Crippen LogP contribution < -0.4 is 10.6 Å². The summed E-state index contributed by atoms with van der Waals surface area (Å²) in [6.45, 7) is 8.36. The van der Waals surface area contributed by atoms with E-state index in [0.717, 1.165) is 19.5 Å². The first-order valence-electron chi connectivity index (χ1n) is 6.25. The summed E-state index contributed by atoms with van der Waals surface area (Å²) in [5.74, 6) is -3.09. The molecular weight excluding hydrogens is 268 g/mol. The molecule has 0 aromatic heterocycles. The summed E-state index contributed by atoms with van der Waals surface area (Å²) in [7, 11) is 0. The minimum absolute atomic E-state index is 0.315. The Morgan fingerprint density at radius 3 is 2.15 bits per heavy atom. The molecule has 0 bridgehead atoms. The first kappa shape index (κ1) is 18.2. The van der Waals surface area contributed by atoms with Crippen molar-refractivity contribution in [2.75, 3.05) is 19.6 Å². The number of carbonyl (C=O) groups excluding carboxylic acids is 1. The molecule has 1 saturated heterocycles. The number of nitrogens with one attached hydrogen (secondary N) is 2. The topological polar surface area (TPSA) is 125 Å². The van der Waals surface area contributed by atoms with E-state index in [1.54, 1.807) is 0 Å². The number of carboxylic acids is 2. The molecule has 0 saturated carbocycles. The van der Waals surface area contributed by atoms with Gasteiger partial charge in [0.1, 0.15) is 5.60 Å². The molecule has 1 amide bonds. The van der Waals surface area contributed by atoms with E-state index < -0.39 is 17.5 Å². The van der Waals surface area contributed by atoms with Gasteiger partial charge < -0.3 is 25.6 Å². The molecule has 0 aliphatic carbocycles. The van der Waals surface area contributed by atoms with Crippen LogP contribution in [0.4, 0.5) is 4.79 Å². The highest BCUT2D eigenvalue weighted by Crippen LogP contribution is 2.08. The smallest absolute Gasteiger partial charge is 0.414 e. The standard InChI is InChI=1S/C10H20N2O2.C2H2O4/c1-10(2,3)14-9(13)12-7-8-4-5-11-6-8;3-1(4)2(5)6/h8,11H,4-7H2,1-3H3,(H,12,13);(H,3,4)(H,5,6). The van der Waals surface area contributed by atoms with Crippen LogP contribution in [0.1, 0.15) is 27.2 Å². The van der Waals surface area contributed by atoms with Gasteiger partial charge in [0, 0.05) is 6.54 Å². The van der Waals surface area contributed by atoms with Crippen molar-refractivity contribution in [3.8, 4) is 0 Å². The zero-order chi connectivity index (χ0) is 15.8. The maximum absolute atomic E-state index is 11.3. The molecule has 116 valence electrons. The summed E-state index contributed by atoms with van der Waals surface area (Å²) >= 11 is 0. The molecule has 0 aromatic rings. The molecule has 0 aromatic carbocycles. The molecule has 1 atom stereocenters.